The lowest BCUT2D eigenvalue weighted by molar-refractivity contribution is 0.144. The number of piperazine rings is 1. The Labute approximate surface area is 119 Å². The summed E-state index contributed by atoms with van der Waals surface area (Å²) in [6, 6.07) is 6.33. The van der Waals surface area contributed by atoms with E-state index in [0.717, 1.165) is 45.0 Å². The smallest absolute Gasteiger partial charge is 0.294 e. The molecule has 1 aliphatic heterocycles. The van der Waals surface area contributed by atoms with Crippen molar-refractivity contribution < 1.29 is 17.7 Å². The summed E-state index contributed by atoms with van der Waals surface area (Å²) in [6.07, 6.45) is 0. The fraction of sp³-hybridized carbons (Fsp3) is 0.538. The molecule has 1 saturated heterocycles. The lowest BCUT2D eigenvalue weighted by Crippen LogP contribution is -2.47. The number of ether oxygens (including phenoxy) is 1. The highest BCUT2D eigenvalue weighted by molar-refractivity contribution is 7.85. The predicted octanol–water partition coefficient (Wildman–Crippen LogP) is 0.702. The Balaban J connectivity index is 1.94. The molecule has 0 aromatic heterocycles. The lowest BCUT2D eigenvalue weighted by Gasteiger charge is -2.36. The first-order chi connectivity index (χ1) is 9.50. The van der Waals surface area contributed by atoms with Crippen LogP contribution in [0.25, 0.3) is 0 Å². The minimum Gasteiger partial charge on any atom is -0.383 e. The molecule has 1 fully saturated rings. The average molecular weight is 300 g/mol. The van der Waals surface area contributed by atoms with Crippen molar-refractivity contribution in [2.24, 2.45) is 0 Å². The summed E-state index contributed by atoms with van der Waals surface area (Å²) >= 11 is 0. The van der Waals surface area contributed by atoms with Crippen LogP contribution in [0.15, 0.2) is 29.2 Å². The number of anilines is 1. The minimum atomic E-state index is -4.11. The van der Waals surface area contributed by atoms with Crippen LogP contribution in [0.1, 0.15) is 0 Å². The molecule has 0 amide bonds. The van der Waals surface area contributed by atoms with Crippen LogP contribution in [0.5, 0.6) is 0 Å². The third kappa shape index (κ3) is 3.92. The van der Waals surface area contributed by atoms with E-state index in [9.17, 15) is 8.42 Å². The zero-order valence-corrected chi connectivity index (χ0v) is 12.3. The quantitative estimate of drug-likeness (QED) is 0.807. The van der Waals surface area contributed by atoms with Crippen LogP contribution in [0, 0.1) is 0 Å². The third-order valence-electron chi connectivity index (χ3n) is 3.48. The molecule has 1 heterocycles. The second kappa shape index (κ2) is 6.53. The maximum Gasteiger partial charge on any atom is 0.294 e. The zero-order valence-electron chi connectivity index (χ0n) is 11.5. The van der Waals surface area contributed by atoms with Crippen molar-refractivity contribution in [2.45, 2.75) is 4.90 Å². The fourth-order valence-corrected chi connectivity index (χ4v) is 2.76. The molecular weight excluding hydrogens is 280 g/mol. The van der Waals surface area contributed by atoms with Crippen LogP contribution in [0.3, 0.4) is 0 Å². The van der Waals surface area contributed by atoms with E-state index in [2.05, 4.69) is 9.80 Å². The summed E-state index contributed by atoms with van der Waals surface area (Å²) < 4.78 is 36.0. The maximum absolute atomic E-state index is 11.0. The van der Waals surface area contributed by atoms with E-state index in [1.807, 2.05) is 0 Å². The maximum atomic E-state index is 11.0. The van der Waals surface area contributed by atoms with Gasteiger partial charge >= 0.3 is 0 Å². The van der Waals surface area contributed by atoms with Crippen molar-refractivity contribution in [2.75, 3.05) is 51.3 Å². The normalized spacial score (nSPS) is 17.4. The molecule has 0 spiro atoms. The fourth-order valence-electron chi connectivity index (χ4n) is 2.28. The van der Waals surface area contributed by atoms with Gasteiger partial charge in [-0.15, -0.1) is 0 Å². The van der Waals surface area contributed by atoms with Crippen molar-refractivity contribution in [1.82, 2.24) is 4.90 Å². The van der Waals surface area contributed by atoms with E-state index < -0.39 is 10.1 Å². The number of nitrogens with zero attached hydrogens (tertiary/aromatic N) is 2. The van der Waals surface area contributed by atoms with Crippen molar-refractivity contribution in [3.8, 4) is 0 Å². The van der Waals surface area contributed by atoms with Crippen LogP contribution in [0.2, 0.25) is 0 Å². The predicted molar refractivity (Wildman–Crippen MR) is 76.8 cm³/mol. The molecule has 1 aromatic carbocycles. The van der Waals surface area contributed by atoms with Gasteiger partial charge in [0.25, 0.3) is 10.1 Å². The van der Waals surface area contributed by atoms with E-state index in [-0.39, 0.29) is 4.90 Å². The van der Waals surface area contributed by atoms with Crippen LogP contribution in [-0.4, -0.2) is 64.3 Å². The molecule has 1 aliphatic rings. The monoisotopic (exact) mass is 300 g/mol. The number of rotatable bonds is 5. The summed E-state index contributed by atoms with van der Waals surface area (Å²) in [7, 11) is -2.41. The Hall–Kier alpha value is -1.15. The minimum absolute atomic E-state index is 0.0695. The molecule has 1 N–H and O–H groups in total. The first-order valence-corrected chi connectivity index (χ1v) is 7.98. The number of methoxy groups -OCH3 is 1. The molecule has 0 aliphatic carbocycles. The van der Waals surface area contributed by atoms with Gasteiger partial charge in [-0.25, -0.2) is 0 Å². The van der Waals surface area contributed by atoms with Gasteiger partial charge in [0.1, 0.15) is 0 Å². The molecule has 1 aromatic rings. The molecular formula is C13H20N2O4S. The first-order valence-electron chi connectivity index (χ1n) is 6.54. The van der Waals surface area contributed by atoms with E-state index >= 15 is 0 Å². The third-order valence-corrected chi connectivity index (χ3v) is 4.35. The SMILES string of the molecule is COCCN1CCN(c2ccc(S(=O)(=O)O)cc2)CC1. The summed E-state index contributed by atoms with van der Waals surface area (Å²) in [6.45, 7) is 5.39. The Bertz CT molecular complexity index is 522. The van der Waals surface area contributed by atoms with Crippen LogP contribution >= 0.6 is 0 Å². The van der Waals surface area contributed by atoms with Gasteiger partial charge < -0.3 is 9.64 Å². The summed E-state index contributed by atoms with van der Waals surface area (Å²) in [5.41, 5.74) is 0.976. The molecule has 0 bridgehead atoms. The summed E-state index contributed by atoms with van der Waals surface area (Å²) in [5, 5.41) is 0. The largest absolute Gasteiger partial charge is 0.383 e. The van der Waals surface area contributed by atoms with Crippen LogP contribution in [-0.2, 0) is 14.9 Å². The molecule has 0 radical (unpaired) electrons. The average Bonchev–Trinajstić information content (AvgIpc) is 2.45. The van der Waals surface area contributed by atoms with Crippen molar-refractivity contribution >= 4 is 15.8 Å². The Morgan fingerprint density at radius 1 is 1.15 bits per heavy atom. The molecule has 0 unspecified atom stereocenters. The number of hydrogen-bond acceptors (Lipinski definition) is 5. The summed E-state index contributed by atoms with van der Waals surface area (Å²) in [5.74, 6) is 0. The van der Waals surface area contributed by atoms with Gasteiger partial charge in [0, 0.05) is 45.5 Å². The van der Waals surface area contributed by atoms with E-state index in [1.165, 1.54) is 12.1 Å². The molecule has 0 saturated carbocycles. The van der Waals surface area contributed by atoms with Gasteiger partial charge in [0.15, 0.2) is 0 Å². The van der Waals surface area contributed by atoms with Crippen LogP contribution in [0.4, 0.5) is 5.69 Å². The van der Waals surface area contributed by atoms with Gasteiger partial charge in [0.2, 0.25) is 0 Å². The number of hydrogen-bond donors (Lipinski definition) is 1. The first kappa shape index (κ1) is 15.2. The van der Waals surface area contributed by atoms with Crippen molar-refractivity contribution in [3.63, 3.8) is 0 Å². The van der Waals surface area contributed by atoms with Gasteiger partial charge in [-0.05, 0) is 24.3 Å². The molecule has 20 heavy (non-hydrogen) atoms. The number of benzene rings is 1. The van der Waals surface area contributed by atoms with Gasteiger partial charge in [-0.3, -0.25) is 9.45 Å². The highest BCUT2D eigenvalue weighted by Crippen LogP contribution is 2.19. The van der Waals surface area contributed by atoms with E-state index in [4.69, 9.17) is 9.29 Å². The lowest BCUT2D eigenvalue weighted by atomic mass is 10.2. The van der Waals surface area contributed by atoms with Crippen molar-refractivity contribution in [1.29, 1.82) is 0 Å². The van der Waals surface area contributed by atoms with E-state index in [1.54, 1.807) is 19.2 Å². The molecule has 0 atom stereocenters. The molecule has 7 heteroatoms. The zero-order chi connectivity index (χ0) is 14.6. The standard InChI is InChI=1S/C13H20N2O4S/c1-19-11-10-14-6-8-15(9-7-14)12-2-4-13(5-3-12)20(16,17)18/h2-5H,6-11H2,1H3,(H,16,17,18). The van der Waals surface area contributed by atoms with Gasteiger partial charge in [-0.2, -0.15) is 8.42 Å². The van der Waals surface area contributed by atoms with E-state index in [0.29, 0.717) is 0 Å². The Morgan fingerprint density at radius 2 is 1.75 bits per heavy atom. The molecule has 112 valence electrons. The molecule has 6 nitrogen and oxygen atoms in total. The second-order valence-electron chi connectivity index (χ2n) is 4.79. The van der Waals surface area contributed by atoms with Crippen molar-refractivity contribution in [3.05, 3.63) is 24.3 Å². The molecule has 2 rings (SSSR count). The topological polar surface area (TPSA) is 70.1 Å². The summed E-state index contributed by atoms with van der Waals surface area (Å²) in [4.78, 5) is 4.48. The van der Waals surface area contributed by atoms with Gasteiger partial charge in [-0.1, -0.05) is 0 Å². The second-order valence-corrected chi connectivity index (χ2v) is 6.21. The van der Waals surface area contributed by atoms with Crippen LogP contribution < -0.4 is 4.90 Å². The van der Waals surface area contributed by atoms with Gasteiger partial charge in [0.05, 0.1) is 11.5 Å². The Kier molecular flexibility index (Phi) is 4.98. The highest BCUT2D eigenvalue weighted by atomic mass is 32.2. The Morgan fingerprint density at radius 3 is 2.25 bits per heavy atom. The highest BCUT2D eigenvalue weighted by Gasteiger charge is 2.17.